The SMILES string of the molecule is COc1cccc(CC(=O)O[C@H]2CNCC[C@@H]2c2ccccc2)c1. The summed E-state index contributed by atoms with van der Waals surface area (Å²) in [5.74, 6) is 0.807. The van der Waals surface area contributed by atoms with Gasteiger partial charge in [0.15, 0.2) is 0 Å². The highest BCUT2D eigenvalue weighted by Crippen LogP contribution is 2.28. The summed E-state index contributed by atoms with van der Waals surface area (Å²) >= 11 is 0. The first-order valence-electron chi connectivity index (χ1n) is 8.34. The van der Waals surface area contributed by atoms with Crippen LogP contribution in [0.4, 0.5) is 0 Å². The van der Waals surface area contributed by atoms with Crippen molar-refractivity contribution in [3.63, 3.8) is 0 Å². The lowest BCUT2D eigenvalue weighted by Crippen LogP contribution is -2.42. The Morgan fingerprint density at radius 3 is 2.79 bits per heavy atom. The van der Waals surface area contributed by atoms with Gasteiger partial charge in [0.2, 0.25) is 0 Å². The molecule has 0 aromatic heterocycles. The predicted octanol–water partition coefficient (Wildman–Crippen LogP) is 2.93. The Morgan fingerprint density at radius 1 is 1.17 bits per heavy atom. The summed E-state index contributed by atoms with van der Waals surface area (Å²) in [7, 11) is 1.62. The van der Waals surface area contributed by atoms with E-state index >= 15 is 0 Å². The number of ether oxygens (including phenoxy) is 2. The van der Waals surface area contributed by atoms with Gasteiger partial charge in [-0.05, 0) is 36.2 Å². The van der Waals surface area contributed by atoms with E-state index in [1.54, 1.807) is 7.11 Å². The van der Waals surface area contributed by atoms with Crippen LogP contribution in [-0.4, -0.2) is 32.3 Å². The van der Waals surface area contributed by atoms with Crippen LogP contribution in [0.25, 0.3) is 0 Å². The average molecular weight is 325 g/mol. The van der Waals surface area contributed by atoms with Gasteiger partial charge in [0, 0.05) is 12.5 Å². The fourth-order valence-corrected chi connectivity index (χ4v) is 3.19. The highest BCUT2D eigenvalue weighted by molar-refractivity contribution is 5.73. The summed E-state index contributed by atoms with van der Waals surface area (Å²) in [4.78, 5) is 12.4. The molecule has 1 fully saturated rings. The van der Waals surface area contributed by atoms with Crippen molar-refractivity contribution in [2.75, 3.05) is 20.2 Å². The van der Waals surface area contributed by atoms with Crippen LogP contribution in [0, 0.1) is 0 Å². The molecule has 1 saturated heterocycles. The second-order valence-corrected chi connectivity index (χ2v) is 6.07. The summed E-state index contributed by atoms with van der Waals surface area (Å²) in [6, 6.07) is 17.8. The highest BCUT2D eigenvalue weighted by Gasteiger charge is 2.29. The molecular formula is C20H23NO3. The number of benzene rings is 2. The van der Waals surface area contributed by atoms with Crippen molar-refractivity contribution in [3.05, 3.63) is 65.7 Å². The number of esters is 1. The Labute approximate surface area is 142 Å². The van der Waals surface area contributed by atoms with E-state index in [4.69, 9.17) is 9.47 Å². The van der Waals surface area contributed by atoms with Crippen molar-refractivity contribution in [3.8, 4) is 5.75 Å². The zero-order chi connectivity index (χ0) is 16.8. The van der Waals surface area contributed by atoms with Crippen molar-refractivity contribution in [2.45, 2.75) is 24.9 Å². The molecule has 1 aliphatic heterocycles. The number of carbonyl (C=O) groups is 1. The molecule has 1 aliphatic rings. The lowest BCUT2D eigenvalue weighted by atomic mass is 9.88. The number of hydrogen-bond donors (Lipinski definition) is 1. The fourth-order valence-electron chi connectivity index (χ4n) is 3.19. The third-order valence-electron chi connectivity index (χ3n) is 4.42. The Bertz CT molecular complexity index is 672. The van der Waals surface area contributed by atoms with Crippen LogP contribution in [0.5, 0.6) is 5.75 Å². The van der Waals surface area contributed by atoms with Gasteiger partial charge < -0.3 is 14.8 Å². The Balaban J connectivity index is 1.65. The van der Waals surface area contributed by atoms with Gasteiger partial charge in [0.25, 0.3) is 0 Å². The van der Waals surface area contributed by atoms with E-state index in [0.29, 0.717) is 6.54 Å². The lowest BCUT2D eigenvalue weighted by Gasteiger charge is -2.32. The topological polar surface area (TPSA) is 47.6 Å². The molecule has 2 atom stereocenters. The molecule has 0 unspecified atom stereocenters. The van der Waals surface area contributed by atoms with Crippen molar-refractivity contribution in [1.82, 2.24) is 5.32 Å². The number of nitrogens with one attached hydrogen (secondary N) is 1. The average Bonchev–Trinajstić information content (AvgIpc) is 2.63. The van der Waals surface area contributed by atoms with Crippen LogP contribution in [0.15, 0.2) is 54.6 Å². The van der Waals surface area contributed by atoms with E-state index in [-0.39, 0.29) is 24.4 Å². The largest absolute Gasteiger partial charge is 0.497 e. The third-order valence-corrected chi connectivity index (χ3v) is 4.42. The first-order valence-corrected chi connectivity index (χ1v) is 8.34. The van der Waals surface area contributed by atoms with Crippen molar-refractivity contribution in [1.29, 1.82) is 0 Å². The minimum Gasteiger partial charge on any atom is -0.497 e. The van der Waals surface area contributed by atoms with Crippen LogP contribution in [0.3, 0.4) is 0 Å². The molecule has 1 N–H and O–H groups in total. The third kappa shape index (κ3) is 4.15. The summed E-state index contributed by atoms with van der Waals surface area (Å²) < 4.78 is 11.0. The Kier molecular flexibility index (Phi) is 5.49. The number of rotatable bonds is 5. The number of carbonyl (C=O) groups excluding carboxylic acids is 1. The molecule has 0 aliphatic carbocycles. The van der Waals surface area contributed by atoms with E-state index < -0.39 is 0 Å². The zero-order valence-electron chi connectivity index (χ0n) is 13.9. The van der Waals surface area contributed by atoms with Gasteiger partial charge >= 0.3 is 5.97 Å². The fraction of sp³-hybridized carbons (Fsp3) is 0.350. The number of methoxy groups -OCH3 is 1. The molecule has 0 radical (unpaired) electrons. The smallest absolute Gasteiger partial charge is 0.310 e. The minimum absolute atomic E-state index is 0.126. The molecule has 2 aromatic carbocycles. The Hall–Kier alpha value is -2.33. The molecule has 0 bridgehead atoms. The zero-order valence-corrected chi connectivity index (χ0v) is 13.9. The lowest BCUT2D eigenvalue weighted by molar-refractivity contribution is -0.150. The summed E-state index contributed by atoms with van der Waals surface area (Å²) in [6.07, 6.45) is 1.11. The number of hydrogen-bond acceptors (Lipinski definition) is 4. The predicted molar refractivity (Wildman–Crippen MR) is 93.2 cm³/mol. The molecular weight excluding hydrogens is 302 g/mol. The molecule has 1 heterocycles. The first kappa shape index (κ1) is 16.5. The van der Waals surface area contributed by atoms with Gasteiger partial charge in [-0.3, -0.25) is 4.79 Å². The van der Waals surface area contributed by atoms with Crippen molar-refractivity contribution in [2.24, 2.45) is 0 Å². The quantitative estimate of drug-likeness (QED) is 0.859. The van der Waals surface area contributed by atoms with E-state index in [2.05, 4.69) is 17.4 Å². The van der Waals surface area contributed by atoms with Crippen LogP contribution in [0.1, 0.15) is 23.5 Å². The highest BCUT2D eigenvalue weighted by atomic mass is 16.5. The van der Waals surface area contributed by atoms with Crippen molar-refractivity contribution >= 4 is 5.97 Å². The van der Waals surface area contributed by atoms with Crippen LogP contribution >= 0.6 is 0 Å². The maximum atomic E-state index is 12.4. The van der Waals surface area contributed by atoms with Gasteiger partial charge in [0.1, 0.15) is 11.9 Å². The first-order chi connectivity index (χ1) is 11.8. The molecule has 0 saturated carbocycles. The summed E-state index contributed by atoms with van der Waals surface area (Å²) in [5.41, 5.74) is 2.14. The molecule has 0 amide bonds. The minimum atomic E-state index is -0.196. The molecule has 4 nitrogen and oxygen atoms in total. The molecule has 4 heteroatoms. The van der Waals surface area contributed by atoms with E-state index in [1.807, 2.05) is 42.5 Å². The molecule has 0 spiro atoms. The summed E-state index contributed by atoms with van der Waals surface area (Å²) in [5, 5.41) is 3.32. The van der Waals surface area contributed by atoms with E-state index in [0.717, 1.165) is 24.3 Å². The normalized spacial score (nSPS) is 20.4. The second kappa shape index (κ2) is 7.97. The molecule has 126 valence electrons. The monoisotopic (exact) mass is 325 g/mol. The van der Waals surface area contributed by atoms with Crippen molar-refractivity contribution < 1.29 is 14.3 Å². The van der Waals surface area contributed by atoms with Crippen LogP contribution in [-0.2, 0) is 16.0 Å². The second-order valence-electron chi connectivity index (χ2n) is 6.07. The number of piperidine rings is 1. The van der Waals surface area contributed by atoms with Gasteiger partial charge in [-0.15, -0.1) is 0 Å². The van der Waals surface area contributed by atoms with Gasteiger partial charge in [0.05, 0.1) is 13.5 Å². The van der Waals surface area contributed by atoms with Gasteiger partial charge in [-0.25, -0.2) is 0 Å². The molecule has 3 rings (SSSR count). The van der Waals surface area contributed by atoms with Crippen LogP contribution < -0.4 is 10.1 Å². The molecule has 2 aromatic rings. The molecule has 24 heavy (non-hydrogen) atoms. The maximum Gasteiger partial charge on any atom is 0.310 e. The van der Waals surface area contributed by atoms with E-state index in [1.165, 1.54) is 5.56 Å². The Morgan fingerprint density at radius 2 is 2.00 bits per heavy atom. The standard InChI is InChI=1S/C20H23NO3/c1-23-17-9-5-6-15(12-17)13-20(22)24-19-14-21-11-10-18(19)16-7-3-2-4-8-16/h2-9,12,18-19,21H,10-11,13-14H2,1H3/t18-,19+/m1/s1. The summed E-state index contributed by atoms with van der Waals surface area (Å²) in [6.45, 7) is 1.65. The van der Waals surface area contributed by atoms with Gasteiger partial charge in [-0.1, -0.05) is 42.5 Å². The maximum absolute atomic E-state index is 12.4. The van der Waals surface area contributed by atoms with E-state index in [9.17, 15) is 4.79 Å². The van der Waals surface area contributed by atoms with Crippen LogP contribution in [0.2, 0.25) is 0 Å². The van der Waals surface area contributed by atoms with Gasteiger partial charge in [-0.2, -0.15) is 0 Å².